The average Bonchev–Trinajstić information content (AvgIpc) is 3.20. The molecule has 0 radical (unpaired) electrons. The average molecular weight is 479 g/mol. The van der Waals surface area contributed by atoms with E-state index >= 15 is 0 Å². The van der Waals surface area contributed by atoms with Gasteiger partial charge in [0.25, 0.3) is 0 Å². The van der Waals surface area contributed by atoms with Crippen LogP contribution in [0.4, 0.5) is 5.69 Å². The highest BCUT2D eigenvalue weighted by Crippen LogP contribution is 2.20. The standard InChI is InChI=1S/C24H22N4O2.BrH/c1-18-7-9-19(10-8-18)22(29)16-28-15-14-27(17-28)13-11-23(30)26-21-6-2-4-20-5-3-12-25-24(20)21;/h2-10,12,14-15,17H,11,13,16H2,1H3;1H. The fraction of sp³-hybridized carbons (Fsp3) is 0.167. The van der Waals surface area contributed by atoms with Gasteiger partial charge in [0, 0.05) is 17.1 Å². The summed E-state index contributed by atoms with van der Waals surface area (Å²) in [6.45, 7) is 2.79. The Hall–Kier alpha value is -3.32. The number of carbonyl (C=O) groups excluding carboxylic acids is 2. The highest BCUT2D eigenvalue weighted by Gasteiger charge is 2.13. The minimum atomic E-state index is -0.0795. The van der Waals surface area contributed by atoms with Crippen molar-refractivity contribution in [1.29, 1.82) is 0 Å². The number of nitrogens with one attached hydrogen (secondary N) is 1. The Bertz CT molecular complexity index is 1200. The number of pyridine rings is 1. The minimum Gasteiger partial charge on any atom is -1.00 e. The number of benzene rings is 2. The number of hydrogen-bond acceptors (Lipinski definition) is 3. The predicted octanol–water partition coefficient (Wildman–Crippen LogP) is 0.548. The molecule has 2 aromatic carbocycles. The summed E-state index contributed by atoms with van der Waals surface area (Å²) in [5.74, 6) is -0.0249. The number of anilines is 1. The number of halogens is 1. The predicted molar refractivity (Wildman–Crippen MR) is 115 cm³/mol. The Morgan fingerprint density at radius 2 is 1.84 bits per heavy atom. The molecule has 0 saturated carbocycles. The Kier molecular flexibility index (Phi) is 7.31. The van der Waals surface area contributed by atoms with Gasteiger partial charge in [0.15, 0.2) is 6.54 Å². The summed E-state index contributed by atoms with van der Waals surface area (Å²) in [7, 11) is 0. The number of nitrogens with zero attached hydrogens (tertiary/aromatic N) is 3. The van der Waals surface area contributed by atoms with Crippen molar-refractivity contribution in [2.75, 3.05) is 5.32 Å². The molecule has 0 aliphatic heterocycles. The van der Waals surface area contributed by atoms with Gasteiger partial charge >= 0.3 is 0 Å². The quantitative estimate of drug-likeness (QED) is 0.311. The van der Waals surface area contributed by atoms with Crippen molar-refractivity contribution in [3.05, 3.63) is 90.6 Å². The zero-order chi connectivity index (χ0) is 20.9. The molecule has 1 amide bonds. The molecule has 4 aromatic rings. The third-order valence-electron chi connectivity index (χ3n) is 4.95. The molecule has 0 aliphatic carbocycles. The molecule has 6 nitrogen and oxygen atoms in total. The van der Waals surface area contributed by atoms with E-state index in [2.05, 4.69) is 10.3 Å². The van der Waals surface area contributed by atoms with Gasteiger partial charge in [-0.3, -0.25) is 14.6 Å². The van der Waals surface area contributed by atoms with Crippen molar-refractivity contribution < 1.29 is 31.1 Å². The lowest BCUT2D eigenvalue weighted by Crippen LogP contribution is -3.00. The normalized spacial score (nSPS) is 10.5. The minimum absolute atomic E-state index is 0. The Morgan fingerprint density at radius 3 is 2.65 bits per heavy atom. The number of fused-ring (bicyclic) bond motifs is 1. The highest BCUT2D eigenvalue weighted by atomic mass is 79.9. The van der Waals surface area contributed by atoms with Crippen LogP contribution in [0, 0.1) is 6.92 Å². The van der Waals surface area contributed by atoms with Gasteiger partial charge in [0.1, 0.15) is 12.4 Å². The highest BCUT2D eigenvalue weighted by molar-refractivity contribution is 6.00. The van der Waals surface area contributed by atoms with Crippen molar-refractivity contribution in [2.24, 2.45) is 0 Å². The lowest BCUT2D eigenvalue weighted by molar-refractivity contribution is -0.682. The van der Waals surface area contributed by atoms with Crippen molar-refractivity contribution in [2.45, 2.75) is 26.4 Å². The van der Waals surface area contributed by atoms with Gasteiger partial charge in [0.05, 0.1) is 24.2 Å². The van der Waals surface area contributed by atoms with Crippen LogP contribution in [0.3, 0.4) is 0 Å². The van der Waals surface area contributed by atoms with Gasteiger partial charge in [-0.05, 0) is 19.1 Å². The maximum absolute atomic E-state index is 12.4. The van der Waals surface area contributed by atoms with E-state index in [0.29, 0.717) is 24.2 Å². The van der Waals surface area contributed by atoms with E-state index in [1.165, 1.54) is 0 Å². The zero-order valence-electron chi connectivity index (χ0n) is 17.2. The number of Topliss-reactive ketones (excluding diaryl/α,β-unsaturated/α-hetero) is 1. The maximum atomic E-state index is 12.4. The van der Waals surface area contributed by atoms with E-state index < -0.39 is 0 Å². The molecule has 0 atom stereocenters. The topological polar surface area (TPSA) is 67.9 Å². The van der Waals surface area contributed by atoms with E-state index in [1.54, 1.807) is 6.20 Å². The lowest BCUT2D eigenvalue weighted by atomic mass is 10.1. The van der Waals surface area contributed by atoms with E-state index in [1.807, 2.05) is 89.4 Å². The molecular weight excluding hydrogens is 456 g/mol. The van der Waals surface area contributed by atoms with Crippen molar-refractivity contribution >= 4 is 28.3 Å². The van der Waals surface area contributed by atoms with Gasteiger partial charge in [0.2, 0.25) is 18.0 Å². The van der Waals surface area contributed by atoms with E-state index in [4.69, 9.17) is 0 Å². The van der Waals surface area contributed by atoms with Crippen LogP contribution in [-0.4, -0.2) is 21.2 Å². The van der Waals surface area contributed by atoms with Gasteiger partial charge < -0.3 is 22.3 Å². The Morgan fingerprint density at radius 1 is 1.06 bits per heavy atom. The third-order valence-corrected chi connectivity index (χ3v) is 4.95. The summed E-state index contributed by atoms with van der Waals surface area (Å²) >= 11 is 0. The van der Waals surface area contributed by atoms with Gasteiger partial charge in [-0.25, -0.2) is 9.13 Å². The van der Waals surface area contributed by atoms with Crippen molar-refractivity contribution in [3.63, 3.8) is 0 Å². The second-order valence-corrected chi connectivity index (χ2v) is 7.29. The summed E-state index contributed by atoms with van der Waals surface area (Å²) in [6, 6.07) is 17.1. The molecule has 31 heavy (non-hydrogen) atoms. The number of rotatable bonds is 7. The molecule has 4 rings (SSSR count). The second kappa shape index (κ2) is 10.1. The van der Waals surface area contributed by atoms with Crippen LogP contribution in [-0.2, 0) is 17.9 Å². The van der Waals surface area contributed by atoms with Crippen LogP contribution >= 0.6 is 0 Å². The molecule has 0 saturated heterocycles. The summed E-state index contributed by atoms with van der Waals surface area (Å²) in [5.41, 5.74) is 3.32. The Balaban J connectivity index is 0.00000272. The van der Waals surface area contributed by atoms with Crippen molar-refractivity contribution in [3.8, 4) is 0 Å². The van der Waals surface area contributed by atoms with Gasteiger partial charge in [-0.1, -0.05) is 48.0 Å². The van der Waals surface area contributed by atoms with E-state index in [-0.39, 0.29) is 35.2 Å². The summed E-state index contributed by atoms with van der Waals surface area (Å²) in [5, 5.41) is 3.93. The number of imidazole rings is 1. The maximum Gasteiger partial charge on any atom is 0.244 e. The number of amides is 1. The molecule has 2 aromatic heterocycles. The third kappa shape index (κ3) is 5.64. The summed E-state index contributed by atoms with van der Waals surface area (Å²) < 4.78 is 3.73. The van der Waals surface area contributed by atoms with Gasteiger partial charge in [-0.2, -0.15) is 0 Å². The molecule has 0 bridgehead atoms. The molecule has 1 N–H and O–H groups in total. The van der Waals surface area contributed by atoms with Crippen LogP contribution in [0.25, 0.3) is 10.9 Å². The lowest BCUT2D eigenvalue weighted by Gasteiger charge is -2.07. The number of aryl methyl sites for hydroxylation is 2. The number of carbonyl (C=O) groups is 2. The molecule has 7 heteroatoms. The first-order valence-corrected chi connectivity index (χ1v) is 9.87. The Labute approximate surface area is 191 Å². The molecular formula is C24H23BrN4O2. The number of aromatic nitrogens is 3. The van der Waals surface area contributed by atoms with Crippen LogP contribution < -0.4 is 26.9 Å². The number of hydrogen-bond donors (Lipinski definition) is 1. The number of ketones is 1. The van der Waals surface area contributed by atoms with Crippen LogP contribution in [0.5, 0.6) is 0 Å². The largest absolute Gasteiger partial charge is 1.00 e. The first-order valence-electron chi connectivity index (χ1n) is 9.87. The molecule has 0 aliphatic rings. The SMILES string of the molecule is Cc1ccc(C(=O)C[n+]2ccn(CCC(=O)Nc3cccc4cccnc34)c2)cc1.[Br-]. The number of para-hydroxylation sites is 1. The van der Waals surface area contributed by atoms with Crippen LogP contribution in [0.15, 0.2) is 79.5 Å². The molecule has 0 unspecified atom stereocenters. The van der Waals surface area contributed by atoms with E-state index in [9.17, 15) is 9.59 Å². The van der Waals surface area contributed by atoms with Crippen LogP contribution in [0.2, 0.25) is 0 Å². The smallest absolute Gasteiger partial charge is 0.244 e. The monoisotopic (exact) mass is 478 g/mol. The molecule has 0 spiro atoms. The summed E-state index contributed by atoms with van der Waals surface area (Å²) in [4.78, 5) is 29.2. The van der Waals surface area contributed by atoms with Crippen molar-refractivity contribution in [1.82, 2.24) is 9.55 Å². The fourth-order valence-electron chi connectivity index (χ4n) is 3.31. The first kappa shape index (κ1) is 22.4. The zero-order valence-corrected chi connectivity index (χ0v) is 18.7. The molecule has 0 fully saturated rings. The fourth-order valence-corrected chi connectivity index (χ4v) is 3.31. The van der Waals surface area contributed by atoms with Crippen LogP contribution in [0.1, 0.15) is 22.3 Å². The van der Waals surface area contributed by atoms with Gasteiger partial charge in [-0.15, -0.1) is 0 Å². The summed E-state index contributed by atoms with van der Waals surface area (Å²) in [6.07, 6.45) is 7.60. The van der Waals surface area contributed by atoms with E-state index in [0.717, 1.165) is 16.5 Å². The second-order valence-electron chi connectivity index (χ2n) is 7.29. The first-order chi connectivity index (χ1) is 14.6. The molecule has 2 heterocycles. The molecule has 158 valence electrons.